The van der Waals surface area contributed by atoms with Crippen LogP contribution in [0, 0.1) is 0 Å². The fourth-order valence-electron chi connectivity index (χ4n) is 1.80. The maximum absolute atomic E-state index is 11.7. The van der Waals surface area contributed by atoms with Gasteiger partial charge in [0.1, 0.15) is 11.6 Å². The SMILES string of the molecule is CCc1ccc(C[C@@H](NC(=O)OC(C)(C)C)C(=O)O)cc1. The summed E-state index contributed by atoms with van der Waals surface area (Å²) < 4.78 is 5.08. The van der Waals surface area contributed by atoms with Gasteiger partial charge < -0.3 is 15.2 Å². The molecule has 0 spiro atoms. The molecule has 0 aliphatic heterocycles. The van der Waals surface area contributed by atoms with Gasteiger partial charge in [0.05, 0.1) is 0 Å². The van der Waals surface area contributed by atoms with E-state index in [1.807, 2.05) is 24.3 Å². The molecule has 0 heterocycles. The topological polar surface area (TPSA) is 75.6 Å². The molecule has 0 bridgehead atoms. The van der Waals surface area contributed by atoms with Crippen molar-refractivity contribution in [3.63, 3.8) is 0 Å². The monoisotopic (exact) mass is 293 g/mol. The highest BCUT2D eigenvalue weighted by molar-refractivity contribution is 5.80. The van der Waals surface area contributed by atoms with Crippen molar-refractivity contribution in [2.45, 2.75) is 52.2 Å². The molecule has 0 saturated carbocycles. The van der Waals surface area contributed by atoms with Crippen LogP contribution in [-0.2, 0) is 22.4 Å². The Morgan fingerprint density at radius 2 is 1.71 bits per heavy atom. The number of ether oxygens (including phenoxy) is 1. The lowest BCUT2D eigenvalue weighted by atomic mass is 10.0. The molecule has 0 radical (unpaired) electrons. The second-order valence-electron chi connectivity index (χ2n) is 5.91. The van der Waals surface area contributed by atoms with Crippen LogP contribution in [0.4, 0.5) is 4.79 Å². The van der Waals surface area contributed by atoms with Crippen LogP contribution in [0.5, 0.6) is 0 Å². The van der Waals surface area contributed by atoms with E-state index >= 15 is 0 Å². The molecule has 21 heavy (non-hydrogen) atoms. The first-order chi connectivity index (χ1) is 9.71. The summed E-state index contributed by atoms with van der Waals surface area (Å²) in [5, 5.41) is 11.6. The van der Waals surface area contributed by atoms with Gasteiger partial charge >= 0.3 is 12.1 Å². The lowest BCUT2D eigenvalue weighted by molar-refractivity contribution is -0.139. The van der Waals surface area contributed by atoms with E-state index in [1.165, 1.54) is 5.56 Å². The van der Waals surface area contributed by atoms with Gasteiger partial charge in [-0.2, -0.15) is 0 Å². The second-order valence-corrected chi connectivity index (χ2v) is 5.91. The van der Waals surface area contributed by atoms with Crippen molar-refractivity contribution in [2.75, 3.05) is 0 Å². The minimum Gasteiger partial charge on any atom is -0.480 e. The Balaban J connectivity index is 2.69. The average molecular weight is 293 g/mol. The van der Waals surface area contributed by atoms with E-state index in [2.05, 4.69) is 12.2 Å². The Morgan fingerprint density at radius 3 is 2.14 bits per heavy atom. The van der Waals surface area contributed by atoms with Crippen molar-refractivity contribution in [3.05, 3.63) is 35.4 Å². The van der Waals surface area contributed by atoms with E-state index in [0.29, 0.717) is 0 Å². The molecular formula is C16H23NO4. The zero-order valence-electron chi connectivity index (χ0n) is 13.0. The fourth-order valence-corrected chi connectivity index (χ4v) is 1.80. The summed E-state index contributed by atoms with van der Waals surface area (Å²) in [7, 11) is 0. The average Bonchev–Trinajstić information content (AvgIpc) is 2.36. The van der Waals surface area contributed by atoms with Crippen LogP contribution in [0.2, 0.25) is 0 Å². The number of rotatable bonds is 5. The van der Waals surface area contributed by atoms with Crippen LogP contribution >= 0.6 is 0 Å². The summed E-state index contributed by atoms with van der Waals surface area (Å²) in [5.74, 6) is -1.08. The summed E-state index contributed by atoms with van der Waals surface area (Å²) in [4.78, 5) is 22.9. The minimum absolute atomic E-state index is 0.221. The van der Waals surface area contributed by atoms with Crippen molar-refractivity contribution < 1.29 is 19.4 Å². The molecule has 2 N–H and O–H groups in total. The molecule has 0 unspecified atom stereocenters. The highest BCUT2D eigenvalue weighted by Gasteiger charge is 2.24. The number of aliphatic carboxylic acids is 1. The first-order valence-electron chi connectivity index (χ1n) is 7.01. The standard InChI is InChI=1S/C16H23NO4/c1-5-11-6-8-12(9-7-11)10-13(14(18)19)17-15(20)21-16(2,3)4/h6-9,13H,5,10H2,1-4H3,(H,17,20)(H,18,19)/t13-/m1/s1. The van der Waals surface area contributed by atoms with E-state index in [-0.39, 0.29) is 6.42 Å². The van der Waals surface area contributed by atoms with E-state index in [1.54, 1.807) is 20.8 Å². The third kappa shape index (κ3) is 6.29. The Hall–Kier alpha value is -2.04. The molecule has 0 saturated heterocycles. The van der Waals surface area contributed by atoms with Crippen molar-refractivity contribution in [3.8, 4) is 0 Å². The predicted molar refractivity (Wildman–Crippen MR) is 80.3 cm³/mol. The van der Waals surface area contributed by atoms with Gasteiger partial charge in [0, 0.05) is 6.42 Å². The van der Waals surface area contributed by atoms with Crippen LogP contribution in [0.1, 0.15) is 38.8 Å². The lowest BCUT2D eigenvalue weighted by Crippen LogP contribution is -2.44. The van der Waals surface area contributed by atoms with Gasteiger partial charge in [-0.25, -0.2) is 9.59 Å². The smallest absolute Gasteiger partial charge is 0.408 e. The molecule has 1 amide bonds. The van der Waals surface area contributed by atoms with E-state index in [4.69, 9.17) is 4.74 Å². The highest BCUT2D eigenvalue weighted by atomic mass is 16.6. The second kappa shape index (κ2) is 7.11. The quantitative estimate of drug-likeness (QED) is 0.875. The first kappa shape index (κ1) is 17.0. The van der Waals surface area contributed by atoms with Crippen molar-refractivity contribution >= 4 is 12.1 Å². The van der Waals surface area contributed by atoms with Crippen LogP contribution in [-0.4, -0.2) is 28.8 Å². The number of amides is 1. The number of hydrogen-bond acceptors (Lipinski definition) is 3. The maximum atomic E-state index is 11.7. The molecule has 0 aromatic heterocycles. The number of carboxylic acids is 1. The summed E-state index contributed by atoms with van der Waals surface area (Å²) in [6, 6.07) is 6.67. The molecule has 1 atom stereocenters. The van der Waals surface area contributed by atoms with Gasteiger partial charge in [-0.1, -0.05) is 31.2 Å². The molecule has 116 valence electrons. The van der Waals surface area contributed by atoms with Crippen LogP contribution < -0.4 is 5.32 Å². The number of nitrogens with one attached hydrogen (secondary N) is 1. The van der Waals surface area contributed by atoms with E-state index in [0.717, 1.165) is 12.0 Å². The normalized spacial score (nSPS) is 12.6. The van der Waals surface area contributed by atoms with Crippen LogP contribution in [0.25, 0.3) is 0 Å². The molecule has 5 nitrogen and oxygen atoms in total. The Morgan fingerprint density at radius 1 is 1.19 bits per heavy atom. The van der Waals surface area contributed by atoms with Crippen LogP contribution in [0.15, 0.2) is 24.3 Å². The molecule has 1 rings (SSSR count). The van der Waals surface area contributed by atoms with Gasteiger partial charge in [0.2, 0.25) is 0 Å². The summed E-state index contributed by atoms with van der Waals surface area (Å²) in [6.45, 7) is 7.24. The van der Waals surface area contributed by atoms with E-state index in [9.17, 15) is 14.7 Å². The zero-order chi connectivity index (χ0) is 16.0. The van der Waals surface area contributed by atoms with Gasteiger partial charge in [0.15, 0.2) is 0 Å². The van der Waals surface area contributed by atoms with Crippen LogP contribution in [0.3, 0.4) is 0 Å². The number of hydrogen-bond donors (Lipinski definition) is 2. The molecule has 1 aromatic rings. The van der Waals surface area contributed by atoms with E-state index < -0.39 is 23.7 Å². The number of carbonyl (C=O) groups excluding carboxylic acids is 1. The lowest BCUT2D eigenvalue weighted by Gasteiger charge is -2.22. The molecule has 1 aromatic carbocycles. The van der Waals surface area contributed by atoms with Crippen molar-refractivity contribution in [1.82, 2.24) is 5.32 Å². The molecule has 5 heteroatoms. The summed E-state index contributed by atoms with van der Waals surface area (Å²) in [6.07, 6.45) is 0.428. The highest BCUT2D eigenvalue weighted by Crippen LogP contribution is 2.10. The van der Waals surface area contributed by atoms with Crippen molar-refractivity contribution in [1.29, 1.82) is 0 Å². The fraction of sp³-hybridized carbons (Fsp3) is 0.500. The van der Waals surface area contributed by atoms with Crippen molar-refractivity contribution in [2.24, 2.45) is 0 Å². The minimum atomic E-state index is -1.08. The summed E-state index contributed by atoms with van der Waals surface area (Å²) in [5.41, 5.74) is 1.39. The maximum Gasteiger partial charge on any atom is 0.408 e. The number of carbonyl (C=O) groups is 2. The molecule has 0 fully saturated rings. The Bertz CT molecular complexity index is 488. The third-order valence-corrected chi connectivity index (χ3v) is 2.86. The van der Waals surface area contributed by atoms with Gasteiger partial charge in [-0.05, 0) is 38.3 Å². The third-order valence-electron chi connectivity index (χ3n) is 2.86. The van der Waals surface area contributed by atoms with Gasteiger partial charge in [-0.15, -0.1) is 0 Å². The van der Waals surface area contributed by atoms with Gasteiger partial charge in [-0.3, -0.25) is 0 Å². The number of aryl methyl sites for hydroxylation is 1. The van der Waals surface area contributed by atoms with Gasteiger partial charge in [0.25, 0.3) is 0 Å². The largest absolute Gasteiger partial charge is 0.480 e. The molecule has 0 aliphatic carbocycles. The predicted octanol–water partition coefficient (Wildman–Crippen LogP) is 2.77. The number of benzene rings is 1. The number of alkyl carbamates (subject to hydrolysis) is 1. The molecule has 0 aliphatic rings. The Kier molecular flexibility index (Phi) is 5.76. The number of carboxylic acid groups (broad SMARTS) is 1. The molecular weight excluding hydrogens is 270 g/mol. The zero-order valence-corrected chi connectivity index (χ0v) is 13.0. The summed E-state index contributed by atoms with van der Waals surface area (Å²) >= 11 is 0. The first-order valence-corrected chi connectivity index (χ1v) is 7.01. The Labute approximate surface area is 125 Å².